The first-order valence-electron chi connectivity index (χ1n) is 13.3. The number of hydrogen-bond donors (Lipinski definition) is 1. The summed E-state index contributed by atoms with van der Waals surface area (Å²) in [6, 6.07) is 12.6. The van der Waals surface area contributed by atoms with Gasteiger partial charge >= 0.3 is 0 Å². The minimum atomic E-state index is -0.876. The maximum absolute atomic E-state index is 13.7. The Morgan fingerprint density at radius 2 is 1.87 bits per heavy atom. The molecule has 0 spiro atoms. The summed E-state index contributed by atoms with van der Waals surface area (Å²) in [5, 5.41) is 24.8. The highest BCUT2D eigenvalue weighted by molar-refractivity contribution is 5.98. The lowest BCUT2D eigenvalue weighted by atomic mass is 9.93. The van der Waals surface area contributed by atoms with Crippen molar-refractivity contribution in [2.75, 3.05) is 13.1 Å². The van der Waals surface area contributed by atoms with Crippen LogP contribution in [0.3, 0.4) is 0 Å². The van der Waals surface area contributed by atoms with Crippen molar-refractivity contribution in [2.45, 2.75) is 45.7 Å². The van der Waals surface area contributed by atoms with Crippen LogP contribution in [0.25, 0.3) is 33.1 Å². The Labute approximate surface area is 225 Å². The van der Waals surface area contributed by atoms with Crippen molar-refractivity contribution < 1.29 is 8.78 Å². The van der Waals surface area contributed by atoms with Gasteiger partial charge in [0.15, 0.2) is 17.3 Å². The summed E-state index contributed by atoms with van der Waals surface area (Å²) >= 11 is 0. The molecule has 0 amide bonds. The number of benzene rings is 2. The molecular formula is C30H29F2N7. The quantitative estimate of drug-likeness (QED) is 0.304. The predicted molar refractivity (Wildman–Crippen MR) is 146 cm³/mol. The van der Waals surface area contributed by atoms with Gasteiger partial charge in [0.1, 0.15) is 6.07 Å². The van der Waals surface area contributed by atoms with Crippen molar-refractivity contribution >= 4 is 21.9 Å². The van der Waals surface area contributed by atoms with Crippen molar-refractivity contribution in [1.29, 1.82) is 5.26 Å². The van der Waals surface area contributed by atoms with Crippen LogP contribution >= 0.6 is 0 Å². The van der Waals surface area contributed by atoms with Crippen LogP contribution in [-0.4, -0.2) is 37.6 Å². The number of hydrogen-bond acceptors (Lipinski definition) is 5. The first-order chi connectivity index (χ1) is 18.9. The lowest BCUT2D eigenvalue weighted by Gasteiger charge is -2.23. The largest absolute Gasteiger partial charge is 0.317 e. The average Bonchev–Trinajstić information content (AvgIpc) is 3.54. The molecule has 0 bridgehead atoms. The van der Waals surface area contributed by atoms with Crippen molar-refractivity contribution in [3.8, 4) is 17.2 Å². The van der Waals surface area contributed by atoms with E-state index in [4.69, 9.17) is 10.1 Å². The Morgan fingerprint density at radius 3 is 2.62 bits per heavy atom. The zero-order valence-electron chi connectivity index (χ0n) is 22.0. The number of nitrogens with zero attached hydrogens (tertiary/aromatic N) is 6. The molecule has 0 atom stereocenters. The molecular weight excluding hydrogens is 496 g/mol. The second kappa shape index (κ2) is 10.2. The topological polar surface area (TPSA) is 84.3 Å². The number of nitrogens with one attached hydrogen (secondary N) is 1. The molecule has 198 valence electrons. The second-order valence-corrected chi connectivity index (χ2v) is 10.7. The molecule has 1 saturated heterocycles. The molecule has 0 unspecified atom stereocenters. The molecule has 1 fully saturated rings. The summed E-state index contributed by atoms with van der Waals surface area (Å²) in [6.07, 6.45) is 6.26. The number of nitriles is 1. The number of pyridine rings is 1. The van der Waals surface area contributed by atoms with Gasteiger partial charge in [-0.1, -0.05) is 26.0 Å². The van der Waals surface area contributed by atoms with E-state index >= 15 is 0 Å². The third-order valence-electron chi connectivity index (χ3n) is 7.43. The summed E-state index contributed by atoms with van der Waals surface area (Å²) in [4.78, 5) is 5.02. The van der Waals surface area contributed by atoms with Gasteiger partial charge < -0.3 is 5.32 Å². The van der Waals surface area contributed by atoms with Gasteiger partial charge in [-0.05, 0) is 73.7 Å². The summed E-state index contributed by atoms with van der Waals surface area (Å²) in [6.45, 7) is 6.46. The summed E-state index contributed by atoms with van der Waals surface area (Å²) < 4.78 is 30.9. The third kappa shape index (κ3) is 4.66. The molecule has 3 aromatic heterocycles. The van der Waals surface area contributed by atoms with Gasteiger partial charge in [0.05, 0.1) is 41.8 Å². The summed E-state index contributed by atoms with van der Waals surface area (Å²) in [7, 11) is 0. The van der Waals surface area contributed by atoms with Crippen LogP contribution in [0.4, 0.5) is 8.78 Å². The Bertz CT molecular complexity index is 1720. The van der Waals surface area contributed by atoms with Gasteiger partial charge in [-0.2, -0.15) is 15.5 Å². The van der Waals surface area contributed by atoms with Crippen LogP contribution in [0.2, 0.25) is 0 Å². The van der Waals surface area contributed by atoms with Crippen LogP contribution in [0, 0.1) is 28.9 Å². The lowest BCUT2D eigenvalue weighted by molar-refractivity contribution is 0.349. The molecule has 4 heterocycles. The molecule has 1 aliphatic rings. The third-order valence-corrected chi connectivity index (χ3v) is 7.43. The summed E-state index contributed by atoms with van der Waals surface area (Å²) in [5.74, 6) is -1.41. The molecule has 1 aliphatic heterocycles. The van der Waals surface area contributed by atoms with E-state index in [1.54, 1.807) is 16.9 Å². The molecule has 0 aliphatic carbocycles. The molecule has 7 nitrogen and oxygen atoms in total. The van der Waals surface area contributed by atoms with Gasteiger partial charge in [-0.15, -0.1) is 0 Å². The van der Waals surface area contributed by atoms with Gasteiger partial charge in [0, 0.05) is 16.3 Å². The van der Waals surface area contributed by atoms with E-state index in [2.05, 4.69) is 30.3 Å². The maximum Gasteiger partial charge on any atom is 0.159 e. The highest BCUT2D eigenvalue weighted by atomic mass is 19.2. The number of halogens is 2. The van der Waals surface area contributed by atoms with Gasteiger partial charge in [-0.3, -0.25) is 4.68 Å². The van der Waals surface area contributed by atoms with E-state index in [0.717, 1.165) is 70.8 Å². The standard InChI is InChI=1S/C30H29F2N7/c1-18(2)11-27-23(14-33)29(24-16-36-39(30(24)37-27)22-7-9-34-10-8-22)20-4-6-28-21(13-20)15-35-38(28)17-19-3-5-25(31)26(32)12-19/h3-6,12-13,15-16,18,22,34H,7-11,17H2,1-2H3. The van der Waals surface area contributed by atoms with Crippen LogP contribution in [-0.2, 0) is 13.0 Å². The number of rotatable bonds is 6. The molecule has 9 heteroatoms. The zero-order valence-corrected chi connectivity index (χ0v) is 22.0. The number of piperidine rings is 1. The Morgan fingerprint density at radius 1 is 1.05 bits per heavy atom. The zero-order chi connectivity index (χ0) is 27.1. The fourth-order valence-corrected chi connectivity index (χ4v) is 5.56. The molecule has 39 heavy (non-hydrogen) atoms. The van der Waals surface area contributed by atoms with E-state index in [1.807, 2.05) is 29.1 Å². The van der Waals surface area contributed by atoms with Crippen LogP contribution in [0.15, 0.2) is 48.8 Å². The molecule has 5 aromatic rings. The van der Waals surface area contributed by atoms with Gasteiger partial charge in [-0.25, -0.2) is 18.4 Å². The van der Waals surface area contributed by atoms with Crippen molar-refractivity contribution in [1.82, 2.24) is 29.9 Å². The fraction of sp³-hybridized carbons (Fsp3) is 0.333. The van der Waals surface area contributed by atoms with Gasteiger partial charge in [0.2, 0.25) is 0 Å². The molecule has 0 saturated carbocycles. The normalized spacial score (nSPS) is 14.5. The summed E-state index contributed by atoms with van der Waals surface area (Å²) in [5.41, 5.74) is 5.41. The first kappa shape index (κ1) is 25.1. The SMILES string of the molecule is CC(C)Cc1nc2c(cnn2C2CCNCC2)c(-c2ccc3c(cnn3Cc3ccc(F)c(F)c3)c2)c1C#N. The maximum atomic E-state index is 13.7. The Hall–Kier alpha value is -4.16. The molecule has 2 aromatic carbocycles. The fourth-order valence-electron chi connectivity index (χ4n) is 5.56. The minimum absolute atomic E-state index is 0.265. The van der Waals surface area contributed by atoms with E-state index in [9.17, 15) is 14.0 Å². The smallest absolute Gasteiger partial charge is 0.159 e. The molecule has 1 N–H and O–H groups in total. The van der Waals surface area contributed by atoms with E-state index < -0.39 is 11.6 Å². The van der Waals surface area contributed by atoms with E-state index in [0.29, 0.717) is 30.0 Å². The van der Waals surface area contributed by atoms with Crippen molar-refractivity contribution in [3.05, 3.63) is 77.2 Å². The minimum Gasteiger partial charge on any atom is -0.317 e. The van der Waals surface area contributed by atoms with Crippen LogP contribution < -0.4 is 5.32 Å². The van der Waals surface area contributed by atoms with E-state index in [1.165, 1.54) is 6.07 Å². The molecule has 6 rings (SSSR count). The predicted octanol–water partition coefficient (Wildman–Crippen LogP) is 5.77. The monoisotopic (exact) mass is 525 g/mol. The number of fused-ring (bicyclic) bond motifs is 2. The Kier molecular flexibility index (Phi) is 6.57. The highest BCUT2D eigenvalue weighted by Crippen LogP contribution is 2.36. The second-order valence-electron chi connectivity index (χ2n) is 10.7. The van der Waals surface area contributed by atoms with Crippen molar-refractivity contribution in [3.63, 3.8) is 0 Å². The highest BCUT2D eigenvalue weighted by Gasteiger charge is 2.24. The van der Waals surface area contributed by atoms with Crippen molar-refractivity contribution in [2.24, 2.45) is 5.92 Å². The molecule has 0 radical (unpaired) electrons. The van der Waals surface area contributed by atoms with Crippen LogP contribution in [0.1, 0.15) is 49.6 Å². The first-order valence-corrected chi connectivity index (χ1v) is 13.3. The lowest BCUT2D eigenvalue weighted by Crippen LogP contribution is -2.30. The van der Waals surface area contributed by atoms with Crippen LogP contribution in [0.5, 0.6) is 0 Å². The van der Waals surface area contributed by atoms with E-state index in [-0.39, 0.29) is 6.04 Å². The number of aromatic nitrogens is 5. The van der Waals surface area contributed by atoms with Gasteiger partial charge in [0.25, 0.3) is 0 Å². The average molecular weight is 526 g/mol. The Balaban J connectivity index is 1.47.